The van der Waals surface area contributed by atoms with E-state index in [0.717, 1.165) is 11.4 Å². The number of nitrogens with zero attached hydrogens (tertiary/aromatic N) is 1. The predicted octanol–water partition coefficient (Wildman–Crippen LogP) is 2.99. The molecule has 1 atom stereocenters. The summed E-state index contributed by atoms with van der Waals surface area (Å²) in [6.07, 6.45) is 3.15. The fraction of sp³-hybridized carbons (Fsp3) is 0.182. The highest BCUT2D eigenvalue weighted by atomic mass is 35.5. The summed E-state index contributed by atoms with van der Waals surface area (Å²) < 4.78 is 0. The number of aromatic amines is 1. The fourth-order valence-electron chi connectivity index (χ4n) is 1.43. The molecule has 0 aliphatic heterocycles. The summed E-state index contributed by atoms with van der Waals surface area (Å²) >= 11 is 11.7. The van der Waals surface area contributed by atoms with Crippen LogP contribution in [0.5, 0.6) is 0 Å². The van der Waals surface area contributed by atoms with E-state index in [2.05, 4.69) is 9.97 Å². The number of aliphatic hydroxyl groups excluding tert-OH is 1. The molecule has 84 valence electrons. The van der Waals surface area contributed by atoms with Crippen LogP contribution in [-0.4, -0.2) is 15.1 Å². The van der Waals surface area contributed by atoms with Crippen molar-refractivity contribution in [3.05, 3.63) is 52.0 Å². The van der Waals surface area contributed by atoms with Crippen LogP contribution in [0.25, 0.3) is 0 Å². The molecular formula is C11H10Cl2N2O. The second kappa shape index (κ2) is 4.87. The van der Waals surface area contributed by atoms with Crippen LogP contribution in [0, 0.1) is 0 Å². The van der Waals surface area contributed by atoms with Gasteiger partial charge >= 0.3 is 0 Å². The van der Waals surface area contributed by atoms with Crippen molar-refractivity contribution in [2.45, 2.75) is 12.5 Å². The van der Waals surface area contributed by atoms with Gasteiger partial charge in [-0.15, -0.1) is 0 Å². The number of imidazole rings is 1. The minimum absolute atomic E-state index is 0.422. The van der Waals surface area contributed by atoms with Gasteiger partial charge in [-0.3, -0.25) is 0 Å². The van der Waals surface area contributed by atoms with Gasteiger partial charge in [-0.05, 0) is 17.7 Å². The molecule has 0 aliphatic carbocycles. The summed E-state index contributed by atoms with van der Waals surface area (Å²) in [6.45, 7) is 0. The van der Waals surface area contributed by atoms with Crippen LogP contribution in [0.2, 0.25) is 10.0 Å². The molecule has 0 saturated heterocycles. The number of aromatic nitrogens is 2. The number of benzene rings is 1. The molecule has 1 heterocycles. The van der Waals surface area contributed by atoms with E-state index in [-0.39, 0.29) is 0 Å². The maximum atomic E-state index is 9.95. The SMILES string of the molecule is OC(Cc1ncc[nH]1)c1ccc(Cl)c(Cl)c1. The van der Waals surface area contributed by atoms with Crippen molar-refractivity contribution >= 4 is 23.2 Å². The topological polar surface area (TPSA) is 48.9 Å². The predicted molar refractivity (Wildman–Crippen MR) is 63.7 cm³/mol. The van der Waals surface area contributed by atoms with Gasteiger partial charge in [-0.25, -0.2) is 4.98 Å². The molecular weight excluding hydrogens is 247 g/mol. The molecule has 0 radical (unpaired) electrons. The summed E-state index contributed by atoms with van der Waals surface area (Å²) in [4.78, 5) is 6.98. The Hall–Kier alpha value is -1.03. The second-order valence-corrected chi connectivity index (χ2v) is 4.24. The van der Waals surface area contributed by atoms with Gasteiger partial charge in [0.05, 0.1) is 16.1 Å². The zero-order valence-electron chi connectivity index (χ0n) is 8.32. The van der Waals surface area contributed by atoms with Crippen LogP contribution in [-0.2, 0) is 6.42 Å². The normalized spacial score (nSPS) is 12.7. The van der Waals surface area contributed by atoms with E-state index in [1.807, 2.05) is 0 Å². The Morgan fingerprint density at radius 3 is 2.75 bits per heavy atom. The number of hydrogen-bond donors (Lipinski definition) is 2. The molecule has 0 spiro atoms. The third-order valence-corrected chi connectivity index (χ3v) is 3.01. The van der Waals surface area contributed by atoms with Gasteiger partial charge < -0.3 is 10.1 Å². The van der Waals surface area contributed by atoms with Crippen LogP contribution in [0.15, 0.2) is 30.6 Å². The Morgan fingerprint density at radius 1 is 1.31 bits per heavy atom. The minimum atomic E-state index is -0.638. The first-order valence-corrected chi connectivity index (χ1v) is 5.53. The van der Waals surface area contributed by atoms with E-state index < -0.39 is 6.10 Å². The molecule has 0 fully saturated rings. The van der Waals surface area contributed by atoms with Crippen molar-refractivity contribution in [1.29, 1.82) is 0 Å². The molecule has 0 bridgehead atoms. The van der Waals surface area contributed by atoms with Gasteiger partial charge in [-0.2, -0.15) is 0 Å². The highest BCUT2D eigenvalue weighted by Crippen LogP contribution is 2.26. The van der Waals surface area contributed by atoms with Crippen molar-refractivity contribution in [3.8, 4) is 0 Å². The van der Waals surface area contributed by atoms with Gasteiger partial charge in [0.15, 0.2) is 0 Å². The van der Waals surface area contributed by atoms with E-state index in [9.17, 15) is 5.11 Å². The largest absolute Gasteiger partial charge is 0.388 e. The van der Waals surface area contributed by atoms with Gasteiger partial charge in [0.25, 0.3) is 0 Å². The second-order valence-electron chi connectivity index (χ2n) is 3.43. The molecule has 0 amide bonds. The molecule has 1 aromatic carbocycles. The summed E-state index contributed by atoms with van der Waals surface area (Å²) in [7, 11) is 0. The van der Waals surface area contributed by atoms with Crippen LogP contribution >= 0.6 is 23.2 Å². The molecule has 3 nitrogen and oxygen atoms in total. The zero-order valence-corrected chi connectivity index (χ0v) is 9.83. The lowest BCUT2D eigenvalue weighted by Gasteiger charge is -2.10. The Labute approximate surface area is 103 Å². The average Bonchev–Trinajstić information content (AvgIpc) is 2.74. The quantitative estimate of drug-likeness (QED) is 0.887. The highest BCUT2D eigenvalue weighted by molar-refractivity contribution is 6.42. The van der Waals surface area contributed by atoms with Gasteiger partial charge in [0, 0.05) is 18.8 Å². The minimum Gasteiger partial charge on any atom is -0.388 e. The summed E-state index contributed by atoms with van der Waals surface area (Å²) in [5, 5.41) is 10.9. The zero-order chi connectivity index (χ0) is 11.5. The Bertz CT molecular complexity index is 471. The standard InChI is InChI=1S/C11H10Cl2N2O/c12-8-2-1-7(5-9(8)13)10(16)6-11-14-3-4-15-11/h1-5,10,16H,6H2,(H,14,15). The lowest BCUT2D eigenvalue weighted by Crippen LogP contribution is -2.03. The first-order valence-electron chi connectivity index (χ1n) is 4.78. The smallest absolute Gasteiger partial charge is 0.108 e. The van der Waals surface area contributed by atoms with Crippen molar-refractivity contribution in [2.24, 2.45) is 0 Å². The molecule has 0 saturated carbocycles. The van der Waals surface area contributed by atoms with Crippen LogP contribution < -0.4 is 0 Å². The fourth-order valence-corrected chi connectivity index (χ4v) is 1.74. The maximum Gasteiger partial charge on any atom is 0.108 e. The molecule has 2 rings (SSSR count). The van der Waals surface area contributed by atoms with Crippen molar-refractivity contribution in [1.82, 2.24) is 9.97 Å². The van der Waals surface area contributed by atoms with Crippen LogP contribution in [0.1, 0.15) is 17.5 Å². The Kier molecular flexibility index (Phi) is 3.49. The molecule has 2 aromatic rings. The number of H-pyrrole nitrogens is 1. The lowest BCUT2D eigenvalue weighted by atomic mass is 10.1. The van der Waals surface area contributed by atoms with E-state index in [0.29, 0.717) is 16.5 Å². The van der Waals surface area contributed by atoms with Crippen LogP contribution in [0.4, 0.5) is 0 Å². The maximum absolute atomic E-state index is 9.95. The third-order valence-electron chi connectivity index (χ3n) is 2.27. The lowest BCUT2D eigenvalue weighted by molar-refractivity contribution is 0.176. The van der Waals surface area contributed by atoms with Gasteiger partial charge in [0.1, 0.15) is 5.82 Å². The van der Waals surface area contributed by atoms with Crippen LogP contribution in [0.3, 0.4) is 0 Å². The summed E-state index contributed by atoms with van der Waals surface area (Å²) in [5.41, 5.74) is 0.728. The number of rotatable bonds is 3. The number of halogens is 2. The van der Waals surface area contributed by atoms with E-state index in [1.165, 1.54) is 0 Å². The Balaban J connectivity index is 2.14. The van der Waals surface area contributed by atoms with E-state index in [4.69, 9.17) is 23.2 Å². The number of nitrogens with one attached hydrogen (secondary N) is 1. The summed E-state index contributed by atoms with van der Waals surface area (Å²) in [5.74, 6) is 0.735. The van der Waals surface area contributed by atoms with Crippen molar-refractivity contribution in [2.75, 3.05) is 0 Å². The number of hydrogen-bond acceptors (Lipinski definition) is 2. The summed E-state index contributed by atoms with van der Waals surface area (Å²) in [6, 6.07) is 5.09. The Morgan fingerprint density at radius 2 is 2.12 bits per heavy atom. The highest BCUT2D eigenvalue weighted by Gasteiger charge is 2.11. The monoisotopic (exact) mass is 256 g/mol. The van der Waals surface area contributed by atoms with Gasteiger partial charge in [0.2, 0.25) is 0 Å². The molecule has 2 N–H and O–H groups in total. The first kappa shape index (κ1) is 11.5. The average molecular weight is 257 g/mol. The molecule has 5 heteroatoms. The van der Waals surface area contributed by atoms with E-state index >= 15 is 0 Å². The van der Waals surface area contributed by atoms with Crippen molar-refractivity contribution in [3.63, 3.8) is 0 Å². The van der Waals surface area contributed by atoms with E-state index in [1.54, 1.807) is 30.6 Å². The van der Waals surface area contributed by atoms with Gasteiger partial charge in [-0.1, -0.05) is 29.3 Å². The molecule has 16 heavy (non-hydrogen) atoms. The van der Waals surface area contributed by atoms with Crippen molar-refractivity contribution < 1.29 is 5.11 Å². The first-order chi connectivity index (χ1) is 7.66. The molecule has 1 unspecified atom stereocenters. The molecule has 0 aliphatic rings. The number of aliphatic hydroxyl groups is 1. The third kappa shape index (κ3) is 2.55. The molecule has 1 aromatic heterocycles.